The fraction of sp³-hybridized carbons (Fsp3) is 0.222. The van der Waals surface area contributed by atoms with Crippen molar-refractivity contribution >= 4 is 33.3 Å². The zero-order valence-corrected chi connectivity index (χ0v) is 14.2. The van der Waals surface area contributed by atoms with Crippen molar-refractivity contribution in [1.29, 1.82) is 0 Å². The Kier molecular flexibility index (Phi) is 4.48. The van der Waals surface area contributed by atoms with E-state index in [1.54, 1.807) is 19.1 Å². The highest BCUT2D eigenvalue weighted by atomic mass is 79.9. The topological polar surface area (TPSA) is 55.4 Å². The largest absolute Gasteiger partial charge is 0.481 e. The number of ether oxygens (including phenoxy) is 1. The lowest BCUT2D eigenvalue weighted by Crippen LogP contribution is -2.30. The second kappa shape index (κ2) is 6.54. The summed E-state index contributed by atoms with van der Waals surface area (Å²) in [5, 5.41) is 2.82. The standard InChI is InChI=1S/C18H16BrNO3/c1-11(18(22)20-13-5-2-4-12(19)10-13)23-17-7-3-6-14-15(17)8-9-16(14)21/h2-7,10-11H,8-9H2,1H3,(H,20,22)/t11-/m0/s1. The molecular weight excluding hydrogens is 358 g/mol. The number of carbonyl (C=O) groups is 2. The van der Waals surface area contributed by atoms with Crippen molar-refractivity contribution < 1.29 is 14.3 Å². The van der Waals surface area contributed by atoms with E-state index in [4.69, 9.17) is 4.74 Å². The highest BCUT2D eigenvalue weighted by Crippen LogP contribution is 2.31. The maximum Gasteiger partial charge on any atom is 0.265 e. The fourth-order valence-electron chi connectivity index (χ4n) is 2.62. The molecule has 1 atom stereocenters. The van der Waals surface area contributed by atoms with Crippen molar-refractivity contribution in [3.05, 3.63) is 58.1 Å². The molecule has 4 nitrogen and oxygen atoms in total. The predicted molar refractivity (Wildman–Crippen MR) is 92.0 cm³/mol. The summed E-state index contributed by atoms with van der Waals surface area (Å²) in [5.74, 6) is 0.520. The molecule has 1 N–H and O–H groups in total. The third-order valence-corrected chi connectivity index (χ3v) is 4.29. The minimum absolute atomic E-state index is 0.136. The quantitative estimate of drug-likeness (QED) is 0.881. The number of hydrogen-bond acceptors (Lipinski definition) is 3. The van der Waals surface area contributed by atoms with E-state index < -0.39 is 6.10 Å². The Balaban J connectivity index is 1.71. The Morgan fingerprint density at radius 3 is 2.78 bits per heavy atom. The fourth-order valence-corrected chi connectivity index (χ4v) is 3.02. The van der Waals surface area contributed by atoms with Crippen LogP contribution in [0.25, 0.3) is 0 Å². The molecule has 0 radical (unpaired) electrons. The molecule has 23 heavy (non-hydrogen) atoms. The number of hydrogen-bond donors (Lipinski definition) is 1. The smallest absolute Gasteiger partial charge is 0.265 e. The summed E-state index contributed by atoms with van der Waals surface area (Å²) in [4.78, 5) is 24.0. The molecule has 3 rings (SSSR count). The van der Waals surface area contributed by atoms with E-state index in [1.165, 1.54) is 0 Å². The molecule has 2 aromatic rings. The Bertz CT molecular complexity index is 773. The normalized spacial score (nSPS) is 14.3. The van der Waals surface area contributed by atoms with Crippen LogP contribution in [0.3, 0.4) is 0 Å². The average Bonchev–Trinajstić information content (AvgIpc) is 2.90. The van der Waals surface area contributed by atoms with Crippen LogP contribution in [0.5, 0.6) is 5.75 Å². The van der Waals surface area contributed by atoms with E-state index in [2.05, 4.69) is 21.2 Å². The van der Waals surface area contributed by atoms with Crippen LogP contribution in [-0.4, -0.2) is 17.8 Å². The van der Waals surface area contributed by atoms with Crippen molar-refractivity contribution in [2.24, 2.45) is 0 Å². The first kappa shape index (κ1) is 15.7. The number of amides is 1. The van der Waals surface area contributed by atoms with Crippen LogP contribution in [0.1, 0.15) is 29.3 Å². The number of ketones is 1. The van der Waals surface area contributed by atoms with Crippen LogP contribution < -0.4 is 10.1 Å². The van der Waals surface area contributed by atoms with Gasteiger partial charge in [-0.3, -0.25) is 9.59 Å². The van der Waals surface area contributed by atoms with E-state index >= 15 is 0 Å². The minimum Gasteiger partial charge on any atom is -0.481 e. The summed E-state index contributed by atoms with van der Waals surface area (Å²) >= 11 is 3.37. The summed E-state index contributed by atoms with van der Waals surface area (Å²) in [5.41, 5.74) is 2.31. The van der Waals surface area contributed by atoms with E-state index in [-0.39, 0.29) is 11.7 Å². The Hall–Kier alpha value is -2.14. The van der Waals surface area contributed by atoms with Gasteiger partial charge < -0.3 is 10.1 Å². The maximum atomic E-state index is 12.3. The first-order chi connectivity index (χ1) is 11.0. The van der Waals surface area contributed by atoms with Crippen molar-refractivity contribution in [2.45, 2.75) is 25.9 Å². The third kappa shape index (κ3) is 3.45. The first-order valence-electron chi connectivity index (χ1n) is 7.43. The van der Waals surface area contributed by atoms with Gasteiger partial charge in [-0.15, -0.1) is 0 Å². The molecule has 0 aliphatic heterocycles. The summed E-state index contributed by atoms with van der Waals surface area (Å²) in [7, 11) is 0. The number of halogens is 1. The molecule has 0 spiro atoms. The van der Waals surface area contributed by atoms with E-state index in [0.29, 0.717) is 29.8 Å². The maximum absolute atomic E-state index is 12.3. The van der Waals surface area contributed by atoms with Crippen LogP contribution >= 0.6 is 15.9 Å². The van der Waals surface area contributed by atoms with Crippen LogP contribution in [0, 0.1) is 0 Å². The number of benzene rings is 2. The molecule has 0 unspecified atom stereocenters. The predicted octanol–water partition coefficient (Wildman–Crippen LogP) is 3.98. The molecule has 0 heterocycles. The van der Waals surface area contributed by atoms with E-state index in [1.807, 2.05) is 30.3 Å². The van der Waals surface area contributed by atoms with E-state index in [0.717, 1.165) is 10.0 Å². The van der Waals surface area contributed by atoms with Crippen LogP contribution in [0.15, 0.2) is 46.9 Å². The number of rotatable bonds is 4. The highest BCUT2D eigenvalue weighted by molar-refractivity contribution is 9.10. The minimum atomic E-state index is -0.656. The first-order valence-corrected chi connectivity index (χ1v) is 8.22. The summed E-state index contributed by atoms with van der Waals surface area (Å²) < 4.78 is 6.69. The molecule has 1 amide bonds. The van der Waals surface area contributed by atoms with Gasteiger partial charge in [0.05, 0.1) is 0 Å². The highest BCUT2D eigenvalue weighted by Gasteiger charge is 2.24. The van der Waals surface area contributed by atoms with Crippen LogP contribution in [-0.2, 0) is 11.2 Å². The Labute approximate surface area is 143 Å². The molecule has 5 heteroatoms. The van der Waals surface area contributed by atoms with Crippen molar-refractivity contribution in [3.63, 3.8) is 0 Å². The molecule has 2 aromatic carbocycles. The molecular formula is C18H16BrNO3. The van der Waals surface area contributed by atoms with Gasteiger partial charge in [0.1, 0.15) is 5.75 Å². The molecule has 0 saturated carbocycles. The molecule has 1 aliphatic carbocycles. The van der Waals surface area contributed by atoms with Gasteiger partial charge in [0.2, 0.25) is 0 Å². The van der Waals surface area contributed by atoms with Gasteiger partial charge in [0, 0.05) is 27.7 Å². The van der Waals surface area contributed by atoms with Crippen LogP contribution in [0.4, 0.5) is 5.69 Å². The van der Waals surface area contributed by atoms with Crippen molar-refractivity contribution in [2.75, 3.05) is 5.32 Å². The second-order valence-corrected chi connectivity index (χ2v) is 6.38. The number of carbonyl (C=O) groups excluding carboxylic acids is 2. The molecule has 0 saturated heterocycles. The molecule has 0 bridgehead atoms. The lowest BCUT2D eigenvalue weighted by molar-refractivity contribution is -0.122. The monoisotopic (exact) mass is 373 g/mol. The SMILES string of the molecule is C[C@H](Oc1cccc2c1CCC2=O)C(=O)Nc1cccc(Br)c1. The van der Waals surface area contributed by atoms with Gasteiger partial charge in [-0.05, 0) is 37.6 Å². The van der Waals surface area contributed by atoms with Gasteiger partial charge in [-0.25, -0.2) is 0 Å². The number of anilines is 1. The second-order valence-electron chi connectivity index (χ2n) is 5.47. The Morgan fingerprint density at radius 1 is 1.22 bits per heavy atom. The zero-order chi connectivity index (χ0) is 16.4. The zero-order valence-electron chi connectivity index (χ0n) is 12.6. The lowest BCUT2D eigenvalue weighted by atomic mass is 10.1. The van der Waals surface area contributed by atoms with Gasteiger partial charge in [0.15, 0.2) is 11.9 Å². The lowest BCUT2D eigenvalue weighted by Gasteiger charge is -2.17. The number of fused-ring (bicyclic) bond motifs is 1. The van der Waals surface area contributed by atoms with Gasteiger partial charge in [0.25, 0.3) is 5.91 Å². The van der Waals surface area contributed by atoms with E-state index in [9.17, 15) is 9.59 Å². The number of Topliss-reactive ketones (excluding diaryl/α,β-unsaturated/α-hetero) is 1. The van der Waals surface area contributed by atoms with Gasteiger partial charge >= 0.3 is 0 Å². The summed E-state index contributed by atoms with van der Waals surface area (Å²) in [6.45, 7) is 1.70. The van der Waals surface area contributed by atoms with Crippen molar-refractivity contribution in [3.8, 4) is 5.75 Å². The van der Waals surface area contributed by atoms with Crippen molar-refractivity contribution in [1.82, 2.24) is 0 Å². The summed E-state index contributed by atoms with van der Waals surface area (Å²) in [6, 6.07) is 12.8. The van der Waals surface area contributed by atoms with Gasteiger partial charge in [-0.1, -0.05) is 34.1 Å². The molecule has 0 aromatic heterocycles. The molecule has 0 fully saturated rings. The molecule has 1 aliphatic rings. The third-order valence-electron chi connectivity index (χ3n) is 3.80. The van der Waals surface area contributed by atoms with Gasteiger partial charge in [-0.2, -0.15) is 0 Å². The summed E-state index contributed by atoms with van der Waals surface area (Å²) in [6.07, 6.45) is 0.523. The Morgan fingerprint density at radius 2 is 2.00 bits per heavy atom. The molecule has 118 valence electrons. The average molecular weight is 374 g/mol. The number of nitrogens with one attached hydrogen (secondary N) is 1. The van der Waals surface area contributed by atoms with Crippen LogP contribution in [0.2, 0.25) is 0 Å².